The molecule has 2 N–H and O–H groups in total. The first kappa shape index (κ1) is 16.0. The summed E-state index contributed by atoms with van der Waals surface area (Å²) in [6.45, 7) is 1.11. The molecule has 1 saturated carbocycles. The zero-order valence-corrected chi connectivity index (χ0v) is 12.6. The predicted octanol–water partition coefficient (Wildman–Crippen LogP) is 2.04. The molecule has 2 rings (SSSR count). The molecule has 1 aromatic rings. The molecule has 22 heavy (non-hydrogen) atoms. The van der Waals surface area contributed by atoms with E-state index in [1.165, 1.54) is 6.92 Å². The number of ether oxygens (including phenoxy) is 1. The molecule has 6 heteroatoms. The zero-order valence-electron chi connectivity index (χ0n) is 12.6. The van der Waals surface area contributed by atoms with Crippen molar-refractivity contribution >= 4 is 17.7 Å². The summed E-state index contributed by atoms with van der Waals surface area (Å²) in [5.74, 6) is -0.356. The lowest BCUT2D eigenvalue weighted by Crippen LogP contribution is -2.45. The van der Waals surface area contributed by atoms with Gasteiger partial charge in [-0.1, -0.05) is 25.0 Å². The van der Waals surface area contributed by atoms with Crippen LogP contribution in [0.5, 0.6) is 5.75 Å². The fourth-order valence-electron chi connectivity index (χ4n) is 2.48. The molecule has 0 saturated heterocycles. The number of ketones is 1. The van der Waals surface area contributed by atoms with Crippen LogP contribution in [0, 0.1) is 0 Å². The molecule has 1 aliphatic carbocycles. The number of carbonyl (C=O) groups is 3. The summed E-state index contributed by atoms with van der Waals surface area (Å²) in [6.07, 6.45) is 4.10. The van der Waals surface area contributed by atoms with Crippen LogP contribution in [-0.4, -0.2) is 30.4 Å². The lowest BCUT2D eigenvalue weighted by Gasteiger charge is -2.13. The zero-order chi connectivity index (χ0) is 15.9. The maximum Gasteiger partial charge on any atom is 0.321 e. The largest absolute Gasteiger partial charge is 0.483 e. The summed E-state index contributed by atoms with van der Waals surface area (Å²) in [5, 5.41) is 4.98. The Labute approximate surface area is 129 Å². The second-order valence-corrected chi connectivity index (χ2v) is 5.34. The van der Waals surface area contributed by atoms with E-state index in [2.05, 4.69) is 10.6 Å². The number of imide groups is 1. The first-order valence-electron chi connectivity index (χ1n) is 7.39. The van der Waals surface area contributed by atoms with E-state index in [-0.39, 0.29) is 18.4 Å². The molecule has 0 aliphatic heterocycles. The summed E-state index contributed by atoms with van der Waals surface area (Å²) in [4.78, 5) is 34.8. The van der Waals surface area contributed by atoms with Crippen molar-refractivity contribution in [2.75, 3.05) is 6.61 Å². The van der Waals surface area contributed by atoms with E-state index in [1.807, 2.05) is 0 Å². The molecule has 0 heterocycles. The Morgan fingerprint density at radius 1 is 1.18 bits per heavy atom. The van der Waals surface area contributed by atoms with Gasteiger partial charge in [-0.25, -0.2) is 4.79 Å². The quantitative estimate of drug-likeness (QED) is 0.815. The van der Waals surface area contributed by atoms with Crippen LogP contribution in [0.2, 0.25) is 0 Å². The van der Waals surface area contributed by atoms with Crippen LogP contribution in [0.1, 0.15) is 43.0 Å². The summed E-state index contributed by atoms with van der Waals surface area (Å²) >= 11 is 0. The highest BCUT2D eigenvalue weighted by atomic mass is 16.5. The summed E-state index contributed by atoms with van der Waals surface area (Å²) in [7, 11) is 0. The van der Waals surface area contributed by atoms with E-state index in [9.17, 15) is 14.4 Å². The predicted molar refractivity (Wildman–Crippen MR) is 80.9 cm³/mol. The van der Waals surface area contributed by atoms with Crippen molar-refractivity contribution in [2.24, 2.45) is 0 Å². The van der Waals surface area contributed by atoms with Gasteiger partial charge in [-0.2, -0.15) is 0 Å². The molecule has 1 aromatic carbocycles. The molecule has 118 valence electrons. The summed E-state index contributed by atoms with van der Waals surface area (Å²) in [5.41, 5.74) is 0.408. The topological polar surface area (TPSA) is 84.5 Å². The molecule has 0 unspecified atom stereocenters. The number of hydrogen-bond acceptors (Lipinski definition) is 4. The van der Waals surface area contributed by atoms with Gasteiger partial charge >= 0.3 is 6.03 Å². The van der Waals surface area contributed by atoms with Crippen LogP contribution < -0.4 is 15.4 Å². The van der Waals surface area contributed by atoms with Crippen LogP contribution in [0.15, 0.2) is 24.3 Å². The minimum absolute atomic E-state index is 0.144. The fourth-order valence-corrected chi connectivity index (χ4v) is 2.48. The molecular weight excluding hydrogens is 284 g/mol. The molecular formula is C16H20N2O4. The molecule has 0 atom stereocenters. The van der Waals surface area contributed by atoms with Gasteiger partial charge in [0, 0.05) is 6.04 Å². The minimum Gasteiger partial charge on any atom is -0.483 e. The van der Waals surface area contributed by atoms with Gasteiger partial charge in [0.25, 0.3) is 5.91 Å². The second-order valence-electron chi connectivity index (χ2n) is 5.34. The highest BCUT2D eigenvalue weighted by molar-refractivity contribution is 5.97. The van der Waals surface area contributed by atoms with E-state index in [0.717, 1.165) is 25.7 Å². The van der Waals surface area contributed by atoms with Gasteiger partial charge in [-0.05, 0) is 31.9 Å². The maximum atomic E-state index is 11.7. The van der Waals surface area contributed by atoms with Gasteiger partial charge < -0.3 is 10.1 Å². The third kappa shape index (κ3) is 4.58. The monoisotopic (exact) mass is 304 g/mol. The third-order valence-electron chi connectivity index (χ3n) is 3.57. The lowest BCUT2D eigenvalue weighted by atomic mass is 10.1. The maximum absolute atomic E-state index is 11.7. The highest BCUT2D eigenvalue weighted by Gasteiger charge is 2.18. The Hall–Kier alpha value is -2.37. The smallest absolute Gasteiger partial charge is 0.321 e. The van der Waals surface area contributed by atoms with Crippen molar-refractivity contribution in [3.05, 3.63) is 29.8 Å². The van der Waals surface area contributed by atoms with E-state index in [1.54, 1.807) is 24.3 Å². The van der Waals surface area contributed by atoms with Crippen LogP contribution >= 0.6 is 0 Å². The van der Waals surface area contributed by atoms with Gasteiger partial charge in [0.15, 0.2) is 12.4 Å². The number of nitrogens with one attached hydrogen (secondary N) is 2. The number of para-hydroxylation sites is 1. The Balaban J connectivity index is 1.80. The van der Waals surface area contributed by atoms with E-state index in [0.29, 0.717) is 11.3 Å². The normalized spacial score (nSPS) is 14.4. The molecule has 6 nitrogen and oxygen atoms in total. The molecule has 1 aliphatic rings. The first-order chi connectivity index (χ1) is 10.6. The van der Waals surface area contributed by atoms with Crippen molar-refractivity contribution in [3.8, 4) is 5.75 Å². The SMILES string of the molecule is CC(=O)c1ccccc1OCC(=O)NC(=O)NC1CCCC1. The number of amides is 3. The lowest BCUT2D eigenvalue weighted by molar-refractivity contribution is -0.122. The van der Waals surface area contributed by atoms with Gasteiger partial charge in [-0.15, -0.1) is 0 Å². The number of Topliss-reactive ketones (excluding diaryl/α,β-unsaturated/α-hetero) is 1. The van der Waals surface area contributed by atoms with Crippen LogP contribution in [0.25, 0.3) is 0 Å². The molecule has 3 amide bonds. The third-order valence-corrected chi connectivity index (χ3v) is 3.57. The second kappa shape index (κ2) is 7.59. The van der Waals surface area contributed by atoms with Crippen molar-refractivity contribution < 1.29 is 19.1 Å². The highest BCUT2D eigenvalue weighted by Crippen LogP contribution is 2.18. The average Bonchev–Trinajstić information content (AvgIpc) is 2.98. The van der Waals surface area contributed by atoms with E-state index >= 15 is 0 Å². The van der Waals surface area contributed by atoms with Crippen molar-refractivity contribution in [2.45, 2.75) is 38.6 Å². The number of rotatable bonds is 5. The number of carbonyl (C=O) groups excluding carboxylic acids is 3. The van der Waals surface area contributed by atoms with Gasteiger partial charge in [0.1, 0.15) is 5.75 Å². The molecule has 0 aromatic heterocycles. The summed E-state index contributed by atoms with van der Waals surface area (Å²) < 4.78 is 5.32. The van der Waals surface area contributed by atoms with Crippen molar-refractivity contribution in [3.63, 3.8) is 0 Å². The Morgan fingerprint density at radius 2 is 1.86 bits per heavy atom. The average molecular weight is 304 g/mol. The van der Waals surface area contributed by atoms with Crippen molar-refractivity contribution in [1.82, 2.24) is 10.6 Å². The van der Waals surface area contributed by atoms with E-state index < -0.39 is 11.9 Å². The summed E-state index contributed by atoms with van der Waals surface area (Å²) in [6, 6.07) is 6.32. The molecule has 0 bridgehead atoms. The van der Waals surface area contributed by atoms with Gasteiger partial charge in [0.2, 0.25) is 0 Å². The fraction of sp³-hybridized carbons (Fsp3) is 0.438. The van der Waals surface area contributed by atoms with Crippen LogP contribution in [0.4, 0.5) is 4.79 Å². The van der Waals surface area contributed by atoms with Crippen LogP contribution in [-0.2, 0) is 4.79 Å². The molecule has 0 spiro atoms. The molecule has 0 radical (unpaired) electrons. The Bertz CT molecular complexity index is 565. The van der Waals surface area contributed by atoms with Gasteiger partial charge in [0.05, 0.1) is 5.56 Å². The first-order valence-corrected chi connectivity index (χ1v) is 7.39. The number of benzene rings is 1. The Kier molecular flexibility index (Phi) is 5.52. The molecule has 1 fully saturated rings. The van der Waals surface area contributed by atoms with E-state index in [4.69, 9.17) is 4.74 Å². The van der Waals surface area contributed by atoms with Crippen LogP contribution in [0.3, 0.4) is 0 Å². The number of urea groups is 1. The minimum atomic E-state index is -0.547. The number of hydrogen-bond donors (Lipinski definition) is 2. The van der Waals surface area contributed by atoms with Gasteiger partial charge in [-0.3, -0.25) is 14.9 Å². The van der Waals surface area contributed by atoms with Crippen molar-refractivity contribution in [1.29, 1.82) is 0 Å². The Morgan fingerprint density at radius 3 is 2.55 bits per heavy atom. The standard InChI is InChI=1S/C16H20N2O4/c1-11(19)13-8-4-5-9-14(13)22-10-15(20)18-16(21)17-12-6-2-3-7-12/h4-5,8-9,12H,2-3,6-7,10H2,1H3,(H2,17,18,20,21).